The highest BCUT2D eigenvalue weighted by Crippen LogP contribution is 2.36. The van der Waals surface area contributed by atoms with Crippen molar-refractivity contribution in [3.05, 3.63) is 34.9 Å². The van der Waals surface area contributed by atoms with Crippen molar-refractivity contribution in [3.63, 3.8) is 0 Å². The second-order valence-electron chi connectivity index (χ2n) is 5.13. The summed E-state index contributed by atoms with van der Waals surface area (Å²) < 4.78 is 5.02. The summed E-state index contributed by atoms with van der Waals surface area (Å²) in [6.07, 6.45) is -0.864. The first-order valence-electron chi connectivity index (χ1n) is 6.23. The number of hydrogen-bond acceptors (Lipinski definition) is 3. The molecule has 100 valence electrons. The smallest absolute Gasteiger partial charge is 0.314 e. The fraction of sp³-hybridized carbons (Fsp3) is 0.533. The quantitative estimate of drug-likeness (QED) is 0.836. The van der Waals surface area contributed by atoms with Gasteiger partial charge in [0.05, 0.1) is 18.1 Å². The van der Waals surface area contributed by atoms with E-state index in [1.54, 1.807) is 20.8 Å². The zero-order valence-corrected chi connectivity index (χ0v) is 11.8. The molecule has 1 unspecified atom stereocenters. The molecule has 0 aliphatic rings. The molecule has 0 aromatic heterocycles. The SMILES string of the molecule is CCOC(=O)C(C)(C)C(O)c1cccc(C)c1C. The molecule has 1 atom stereocenters. The van der Waals surface area contributed by atoms with E-state index in [0.717, 1.165) is 16.7 Å². The van der Waals surface area contributed by atoms with Gasteiger partial charge in [0.15, 0.2) is 0 Å². The van der Waals surface area contributed by atoms with Crippen molar-refractivity contribution in [1.29, 1.82) is 0 Å². The average molecular weight is 250 g/mol. The van der Waals surface area contributed by atoms with Crippen LogP contribution in [0.1, 0.15) is 43.6 Å². The van der Waals surface area contributed by atoms with E-state index in [2.05, 4.69) is 0 Å². The standard InChI is InChI=1S/C15H22O3/c1-6-18-14(17)15(4,5)13(16)12-9-7-8-10(2)11(12)3/h7-9,13,16H,6H2,1-5H3. The lowest BCUT2D eigenvalue weighted by Crippen LogP contribution is -2.33. The van der Waals surface area contributed by atoms with E-state index in [9.17, 15) is 9.90 Å². The molecule has 3 nitrogen and oxygen atoms in total. The predicted molar refractivity (Wildman–Crippen MR) is 71.3 cm³/mol. The molecule has 3 heteroatoms. The van der Waals surface area contributed by atoms with Crippen LogP contribution >= 0.6 is 0 Å². The second-order valence-corrected chi connectivity index (χ2v) is 5.13. The maximum absolute atomic E-state index is 11.9. The van der Waals surface area contributed by atoms with Crippen molar-refractivity contribution in [2.75, 3.05) is 6.61 Å². The van der Waals surface area contributed by atoms with Gasteiger partial charge in [0, 0.05) is 0 Å². The fourth-order valence-corrected chi connectivity index (χ4v) is 1.89. The molecule has 1 rings (SSSR count). The third-order valence-corrected chi connectivity index (χ3v) is 3.43. The molecule has 0 spiro atoms. The first-order valence-corrected chi connectivity index (χ1v) is 6.23. The number of aliphatic hydroxyl groups is 1. The zero-order chi connectivity index (χ0) is 13.9. The zero-order valence-electron chi connectivity index (χ0n) is 11.8. The number of ether oxygens (including phenoxy) is 1. The van der Waals surface area contributed by atoms with Crippen LogP contribution in [-0.4, -0.2) is 17.7 Å². The number of carbonyl (C=O) groups excluding carboxylic acids is 1. The van der Waals surface area contributed by atoms with E-state index in [1.807, 2.05) is 32.0 Å². The number of benzene rings is 1. The number of carbonyl (C=O) groups is 1. The third-order valence-electron chi connectivity index (χ3n) is 3.43. The molecule has 0 radical (unpaired) electrons. The number of esters is 1. The Morgan fingerprint density at radius 1 is 1.39 bits per heavy atom. The number of aliphatic hydroxyl groups excluding tert-OH is 1. The molecule has 0 heterocycles. The van der Waals surface area contributed by atoms with Crippen LogP contribution in [0.2, 0.25) is 0 Å². The molecular formula is C15H22O3. The van der Waals surface area contributed by atoms with E-state index in [0.29, 0.717) is 6.61 Å². The molecule has 18 heavy (non-hydrogen) atoms. The molecule has 1 aromatic carbocycles. The lowest BCUT2D eigenvalue weighted by Gasteiger charge is -2.29. The lowest BCUT2D eigenvalue weighted by atomic mass is 9.80. The Bertz CT molecular complexity index is 435. The summed E-state index contributed by atoms with van der Waals surface area (Å²) in [7, 11) is 0. The minimum absolute atomic E-state index is 0.321. The molecular weight excluding hydrogens is 228 g/mol. The van der Waals surface area contributed by atoms with Gasteiger partial charge < -0.3 is 9.84 Å². The molecule has 1 aromatic rings. The van der Waals surface area contributed by atoms with E-state index < -0.39 is 11.5 Å². The van der Waals surface area contributed by atoms with Crippen LogP contribution < -0.4 is 0 Å². The molecule has 0 aliphatic carbocycles. The van der Waals surface area contributed by atoms with Crippen LogP contribution in [0.25, 0.3) is 0 Å². The van der Waals surface area contributed by atoms with Crippen LogP contribution in [-0.2, 0) is 9.53 Å². The fourth-order valence-electron chi connectivity index (χ4n) is 1.89. The lowest BCUT2D eigenvalue weighted by molar-refractivity contribution is -0.160. The van der Waals surface area contributed by atoms with Gasteiger partial charge in [-0.2, -0.15) is 0 Å². The normalized spacial score (nSPS) is 13.2. The van der Waals surface area contributed by atoms with E-state index in [1.165, 1.54) is 0 Å². The van der Waals surface area contributed by atoms with Crippen LogP contribution in [0, 0.1) is 19.3 Å². The van der Waals surface area contributed by atoms with E-state index in [-0.39, 0.29) is 5.97 Å². The van der Waals surface area contributed by atoms with Crippen molar-refractivity contribution >= 4 is 5.97 Å². The van der Waals surface area contributed by atoms with Crippen molar-refractivity contribution in [2.45, 2.75) is 40.7 Å². The van der Waals surface area contributed by atoms with Gasteiger partial charge in [0.2, 0.25) is 0 Å². The van der Waals surface area contributed by atoms with Crippen LogP contribution in [0.5, 0.6) is 0 Å². The molecule has 0 aliphatic heterocycles. The van der Waals surface area contributed by atoms with Crippen molar-refractivity contribution in [3.8, 4) is 0 Å². The Balaban J connectivity index is 3.09. The maximum Gasteiger partial charge on any atom is 0.314 e. The highest BCUT2D eigenvalue weighted by atomic mass is 16.5. The summed E-state index contributed by atoms with van der Waals surface area (Å²) in [5.74, 6) is -0.376. The van der Waals surface area contributed by atoms with Gasteiger partial charge in [0.25, 0.3) is 0 Å². The first kappa shape index (κ1) is 14.7. The molecule has 1 N–H and O–H groups in total. The predicted octanol–water partition coefficient (Wildman–Crippen LogP) is 2.93. The highest BCUT2D eigenvalue weighted by Gasteiger charge is 2.38. The van der Waals surface area contributed by atoms with Crippen molar-refractivity contribution < 1.29 is 14.6 Å². The first-order chi connectivity index (χ1) is 8.32. The van der Waals surface area contributed by atoms with Crippen LogP contribution in [0.3, 0.4) is 0 Å². The molecule has 0 amide bonds. The number of rotatable bonds is 4. The van der Waals surface area contributed by atoms with Gasteiger partial charge in [-0.15, -0.1) is 0 Å². The van der Waals surface area contributed by atoms with Gasteiger partial charge in [-0.3, -0.25) is 4.79 Å². The summed E-state index contributed by atoms with van der Waals surface area (Å²) in [4.78, 5) is 11.9. The van der Waals surface area contributed by atoms with Gasteiger partial charge in [-0.05, 0) is 51.3 Å². The topological polar surface area (TPSA) is 46.5 Å². The average Bonchev–Trinajstić information content (AvgIpc) is 2.32. The Kier molecular flexibility index (Phi) is 4.52. The number of aryl methyl sites for hydroxylation is 1. The van der Waals surface area contributed by atoms with E-state index >= 15 is 0 Å². The summed E-state index contributed by atoms with van der Waals surface area (Å²) in [6.45, 7) is 9.44. The van der Waals surface area contributed by atoms with Gasteiger partial charge in [-0.1, -0.05) is 18.2 Å². The number of hydrogen-bond donors (Lipinski definition) is 1. The third kappa shape index (κ3) is 2.72. The maximum atomic E-state index is 11.9. The van der Waals surface area contributed by atoms with Gasteiger partial charge in [-0.25, -0.2) is 0 Å². The highest BCUT2D eigenvalue weighted by molar-refractivity contribution is 5.77. The van der Waals surface area contributed by atoms with Crippen molar-refractivity contribution in [2.24, 2.45) is 5.41 Å². The monoisotopic (exact) mass is 250 g/mol. The largest absolute Gasteiger partial charge is 0.465 e. The van der Waals surface area contributed by atoms with E-state index in [4.69, 9.17) is 4.74 Å². The summed E-state index contributed by atoms with van der Waals surface area (Å²) in [5, 5.41) is 10.4. The molecule has 0 saturated carbocycles. The molecule has 0 saturated heterocycles. The van der Waals surface area contributed by atoms with Crippen LogP contribution in [0.4, 0.5) is 0 Å². The summed E-state index contributed by atoms with van der Waals surface area (Å²) in [5.41, 5.74) is 1.95. The van der Waals surface area contributed by atoms with Crippen molar-refractivity contribution in [1.82, 2.24) is 0 Å². The minimum atomic E-state index is -0.950. The molecule has 0 bridgehead atoms. The van der Waals surface area contributed by atoms with Crippen LogP contribution in [0.15, 0.2) is 18.2 Å². The molecule has 0 fully saturated rings. The van der Waals surface area contributed by atoms with Gasteiger partial charge >= 0.3 is 5.97 Å². The Labute approximate surface area is 109 Å². The second kappa shape index (κ2) is 5.53. The summed E-state index contributed by atoms with van der Waals surface area (Å²) in [6, 6.07) is 5.74. The Hall–Kier alpha value is -1.35. The Morgan fingerprint density at radius 3 is 2.56 bits per heavy atom. The minimum Gasteiger partial charge on any atom is -0.465 e. The summed E-state index contributed by atoms with van der Waals surface area (Å²) >= 11 is 0. The Morgan fingerprint density at radius 2 is 2.00 bits per heavy atom. The van der Waals surface area contributed by atoms with Gasteiger partial charge in [0.1, 0.15) is 0 Å².